The standard InChI is InChI=1S/C21H26N4O3/c1-16(17-6-4-3-5-7-17)14-25-15-21(28-20(25)27)9-12-24(13-10-21)19(26)18-8-11-22-23(18)2/h3-8,11,16H,9-10,12-15H2,1-2H3/t16-/m1/s1. The highest BCUT2D eigenvalue weighted by Crippen LogP contribution is 2.34. The highest BCUT2D eigenvalue weighted by molar-refractivity contribution is 5.92. The first-order chi connectivity index (χ1) is 13.5. The van der Waals surface area contributed by atoms with Crippen LogP contribution < -0.4 is 0 Å². The Bertz CT molecular complexity index is 856. The molecule has 1 aromatic heterocycles. The monoisotopic (exact) mass is 382 g/mol. The highest BCUT2D eigenvalue weighted by atomic mass is 16.6. The van der Waals surface area contributed by atoms with Gasteiger partial charge in [-0.05, 0) is 17.5 Å². The van der Waals surface area contributed by atoms with Gasteiger partial charge < -0.3 is 14.5 Å². The minimum absolute atomic E-state index is 0.0197. The molecule has 148 valence electrons. The summed E-state index contributed by atoms with van der Waals surface area (Å²) in [7, 11) is 1.77. The fraction of sp³-hybridized carbons (Fsp3) is 0.476. The molecule has 0 aliphatic carbocycles. The SMILES string of the molecule is C[C@H](CN1CC2(CCN(C(=O)c3ccnn3C)CC2)OC1=O)c1ccccc1. The number of ether oxygens (including phenoxy) is 1. The third kappa shape index (κ3) is 3.48. The van der Waals surface area contributed by atoms with Crippen molar-refractivity contribution in [2.45, 2.75) is 31.3 Å². The molecule has 2 fully saturated rings. The summed E-state index contributed by atoms with van der Waals surface area (Å²) in [5.41, 5.74) is 1.32. The second-order valence-corrected chi connectivity index (χ2v) is 7.88. The number of carbonyl (C=O) groups excluding carboxylic acids is 2. The maximum atomic E-state index is 12.7. The van der Waals surface area contributed by atoms with Gasteiger partial charge >= 0.3 is 6.09 Å². The Labute approximate surface area is 164 Å². The van der Waals surface area contributed by atoms with Crippen molar-refractivity contribution in [3.8, 4) is 0 Å². The maximum Gasteiger partial charge on any atom is 0.410 e. The molecule has 1 aromatic carbocycles. The van der Waals surface area contributed by atoms with Gasteiger partial charge in [-0.25, -0.2) is 4.79 Å². The number of carbonyl (C=O) groups is 2. The van der Waals surface area contributed by atoms with Crippen LogP contribution in [0, 0.1) is 0 Å². The van der Waals surface area contributed by atoms with Gasteiger partial charge in [0.2, 0.25) is 0 Å². The van der Waals surface area contributed by atoms with Crippen LogP contribution in [0.2, 0.25) is 0 Å². The third-order valence-corrected chi connectivity index (χ3v) is 5.91. The molecule has 0 saturated carbocycles. The molecule has 28 heavy (non-hydrogen) atoms. The van der Waals surface area contributed by atoms with Crippen molar-refractivity contribution in [2.75, 3.05) is 26.2 Å². The van der Waals surface area contributed by atoms with E-state index in [1.165, 1.54) is 5.56 Å². The summed E-state index contributed by atoms with van der Waals surface area (Å²) >= 11 is 0. The normalized spacial score (nSPS) is 19.7. The predicted octanol–water partition coefficient (Wildman–Crippen LogP) is 2.65. The number of hydrogen-bond acceptors (Lipinski definition) is 4. The topological polar surface area (TPSA) is 67.7 Å². The summed E-state index contributed by atoms with van der Waals surface area (Å²) in [6.45, 7) is 4.53. The number of rotatable bonds is 4. The van der Waals surface area contributed by atoms with E-state index < -0.39 is 5.60 Å². The Morgan fingerprint density at radius 2 is 1.93 bits per heavy atom. The number of benzene rings is 1. The Kier molecular flexibility index (Phi) is 4.83. The lowest BCUT2D eigenvalue weighted by atomic mass is 9.90. The van der Waals surface area contributed by atoms with Gasteiger partial charge in [-0.3, -0.25) is 9.48 Å². The lowest BCUT2D eigenvalue weighted by Gasteiger charge is -2.37. The molecule has 2 amide bonds. The number of hydrogen-bond donors (Lipinski definition) is 0. The molecule has 2 saturated heterocycles. The molecule has 7 nitrogen and oxygen atoms in total. The van der Waals surface area contributed by atoms with Gasteiger partial charge in [-0.2, -0.15) is 5.10 Å². The summed E-state index contributed by atoms with van der Waals surface area (Å²) in [5, 5.41) is 4.07. The summed E-state index contributed by atoms with van der Waals surface area (Å²) in [6, 6.07) is 11.9. The number of likely N-dealkylation sites (tertiary alicyclic amines) is 1. The van der Waals surface area contributed by atoms with E-state index in [-0.39, 0.29) is 17.9 Å². The molecule has 2 aliphatic rings. The minimum atomic E-state index is -0.475. The summed E-state index contributed by atoms with van der Waals surface area (Å²) in [4.78, 5) is 28.8. The molecule has 2 aromatic rings. The van der Waals surface area contributed by atoms with Gasteiger partial charge in [-0.1, -0.05) is 37.3 Å². The zero-order valence-corrected chi connectivity index (χ0v) is 16.4. The fourth-order valence-corrected chi connectivity index (χ4v) is 4.17. The molecule has 4 rings (SSSR count). The van der Waals surface area contributed by atoms with Crippen LogP contribution in [0.3, 0.4) is 0 Å². The van der Waals surface area contributed by atoms with E-state index in [2.05, 4.69) is 24.2 Å². The summed E-state index contributed by atoms with van der Waals surface area (Å²) in [6.07, 6.45) is 2.72. The molecule has 2 aliphatic heterocycles. The van der Waals surface area contributed by atoms with Crippen molar-refractivity contribution in [3.63, 3.8) is 0 Å². The van der Waals surface area contributed by atoms with E-state index in [4.69, 9.17) is 4.74 Å². The van der Waals surface area contributed by atoms with Crippen LogP contribution >= 0.6 is 0 Å². The van der Waals surface area contributed by atoms with E-state index in [9.17, 15) is 9.59 Å². The van der Waals surface area contributed by atoms with Crippen LogP contribution in [-0.2, 0) is 11.8 Å². The van der Waals surface area contributed by atoms with E-state index in [0.717, 1.165) is 0 Å². The second kappa shape index (κ2) is 7.30. The first kappa shape index (κ1) is 18.5. The first-order valence-electron chi connectivity index (χ1n) is 9.78. The summed E-state index contributed by atoms with van der Waals surface area (Å²) in [5.74, 6) is 0.226. The molecule has 0 unspecified atom stereocenters. The number of nitrogens with zero attached hydrogens (tertiary/aromatic N) is 4. The van der Waals surface area contributed by atoms with Gasteiger partial charge in [0.15, 0.2) is 0 Å². The fourth-order valence-electron chi connectivity index (χ4n) is 4.17. The molecule has 0 bridgehead atoms. The Morgan fingerprint density at radius 1 is 1.21 bits per heavy atom. The third-order valence-electron chi connectivity index (χ3n) is 5.91. The van der Waals surface area contributed by atoms with Gasteiger partial charge in [0.1, 0.15) is 11.3 Å². The molecular formula is C21H26N4O3. The molecule has 1 spiro atoms. The number of aromatic nitrogens is 2. The van der Waals surface area contributed by atoms with E-state index in [1.807, 2.05) is 28.0 Å². The lowest BCUT2D eigenvalue weighted by Crippen LogP contribution is -2.49. The van der Waals surface area contributed by atoms with Crippen LogP contribution in [0.25, 0.3) is 0 Å². The zero-order chi connectivity index (χ0) is 19.7. The van der Waals surface area contributed by atoms with Gasteiger partial charge in [-0.15, -0.1) is 0 Å². The molecule has 7 heteroatoms. The van der Waals surface area contributed by atoms with Crippen molar-refractivity contribution in [1.82, 2.24) is 19.6 Å². The average molecular weight is 382 g/mol. The number of amides is 2. The number of piperidine rings is 1. The number of aryl methyl sites for hydroxylation is 1. The average Bonchev–Trinajstić information content (AvgIpc) is 3.26. The van der Waals surface area contributed by atoms with Crippen LogP contribution in [0.4, 0.5) is 4.79 Å². The molecule has 0 N–H and O–H groups in total. The minimum Gasteiger partial charge on any atom is -0.441 e. The summed E-state index contributed by atoms with van der Waals surface area (Å²) < 4.78 is 7.41. The Hall–Kier alpha value is -2.83. The molecule has 3 heterocycles. The zero-order valence-electron chi connectivity index (χ0n) is 16.4. The molecule has 0 radical (unpaired) electrons. The smallest absolute Gasteiger partial charge is 0.410 e. The van der Waals surface area contributed by atoms with Crippen LogP contribution in [0.5, 0.6) is 0 Å². The Balaban J connectivity index is 1.36. The van der Waals surface area contributed by atoms with E-state index in [0.29, 0.717) is 44.7 Å². The van der Waals surface area contributed by atoms with Crippen molar-refractivity contribution >= 4 is 12.0 Å². The van der Waals surface area contributed by atoms with Gasteiger partial charge in [0, 0.05) is 45.7 Å². The second-order valence-electron chi connectivity index (χ2n) is 7.88. The van der Waals surface area contributed by atoms with E-state index in [1.54, 1.807) is 24.0 Å². The van der Waals surface area contributed by atoms with Crippen molar-refractivity contribution < 1.29 is 14.3 Å². The predicted molar refractivity (Wildman–Crippen MR) is 104 cm³/mol. The van der Waals surface area contributed by atoms with Gasteiger partial charge in [0.05, 0.1) is 6.54 Å². The van der Waals surface area contributed by atoms with Crippen LogP contribution in [0.15, 0.2) is 42.6 Å². The Morgan fingerprint density at radius 3 is 2.57 bits per heavy atom. The largest absolute Gasteiger partial charge is 0.441 e. The molecular weight excluding hydrogens is 356 g/mol. The van der Waals surface area contributed by atoms with Crippen LogP contribution in [0.1, 0.15) is 41.7 Å². The first-order valence-corrected chi connectivity index (χ1v) is 9.78. The van der Waals surface area contributed by atoms with Crippen molar-refractivity contribution in [2.24, 2.45) is 7.05 Å². The van der Waals surface area contributed by atoms with Crippen molar-refractivity contribution in [1.29, 1.82) is 0 Å². The lowest BCUT2D eigenvalue weighted by molar-refractivity contribution is 0.00284. The van der Waals surface area contributed by atoms with E-state index >= 15 is 0 Å². The highest BCUT2D eigenvalue weighted by Gasteiger charge is 2.47. The van der Waals surface area contributed by atoms with Crippen molar-refractivity contribution in [3.05, 3.63) is 53.9 Å². The quantitative estimate of drug-likeness (QED) is 0.815. The van der Waals surface area contributed by atoms with Crippen LogP contribution in [-0.4, -0.2) is 63.4 Å². The molecule has 1 atom stereocenters. The van der Waals surface area contributed by atoms with Gasteiger partial charge in [0.25, 0.3) is 5.91 Å². The maximum absolute atomic E-state index is 12.7.